The lowest BCUT2D eigenvalue weighted by Gasteiger charge is -2.36. The van der Waals surface area contributed by atoms with Crippen molar-refractivity contribution in [3.8, 4) is 0 Å². The molecule has 0 bridgehead atoms. The minimum absolute atomic E-state index is 0.00300. The Morgan fingerprint density at radius 2 is 1.50 bits per heavy atom. The van der Waals surface area contributed by atoms with Crippen LogP contribution in [0.2, 0.25) is 0 Å². The number of hydrogen-bond acceptors (Lipinski definition) is 6. The van der Waals surface area contributed by atoms with Crippen LogP contribution in [0.4, 0.5) is 4.79 Å². The Balaban J connectivity index is 2.66. The highest BCUT2D eigenvalue weighted by Crippen LogP contribution is 2.29. The monoisotopic (exact) mass is 635 g/mol. The van der Waals surface area contributed by atoms with Crippen molar-refractivity contribution < 1.29 is 28.7 Å². The van der Waals surface area contributed by atoms with E-state index in [2.05, 4.69) is 17.2 Å². The molecule has 0 aliphatic heterocycles. The third kappa shape index (κ3) is 11.3. The average molecular weight is 636 g/mol. The predicted molar refractivity (Wildman–Crippen MR) is 181 cm³/mol. The number of carbonyl (C=O) groups is 4. The van der Waals surface area contributed by atoms with E-state index in [1.807, 2.05) is 70.2 Å². The Bertz CT molecular complexity index is 1360. The fourth-order valence-electron chi connectivity index (χ4n) is 4.95. The molecular weight excluding hydrogens is 582 g/mol. The van der Waals surface area contributed by atoms with Gasteiger partial charge in [-0.05, 0) is 83.6 Å². The van der Waals surface area contributed by atoms with Crippen molar-refractivity contribution >= 4 is 23.9 Å². The molecule has 0 aliphatic carbocycles. The van der Waals surface area contributed by atoms with E-state index in [-0.39, 0.29) is 18.9 Å². The Kier molecular flexibility index (Phi) is 13.6. The number of hydrogen-bond donors (Lipinski definition) is 2. The summed E-state index contributed by atoms with van der Waals surface area (Å²) in [6.45, 7) is 22.0. The summed E-state index contributed by atoms with van der Waals surface area (Å²) < 4.78 is 11.2. The van der Waals surface area contributed by atoms with Crippen molar-refractivity contribution in [3.05, 3.63) is 83.4 Å². The van der Waals surface area contributed by atoms with E-state index in [0.717, 1.165) is 16.7 Å². The number of esters is 1. The molecule has 0 saturated heterocycles. The molecule has 0 radical (unpaired) electrons. The van der Waals surface area contributed by atoms with Gasteiger partial charge in [0, 0.05) is 13.0 Å². The third-order valence-corrected chi connectivity index (χ3v) is 7.55. The predicted octanol–water partition coefficient (Wildman–Crippen LogP) is 6.37. The number of ether oxygens (including phenoxy) is 2. The van der Waals surface area contributed by atoms with E-state index < -0.39 is 53.2 Å². The van der Waals surface area contributed by atoms with Gasteiger partial charge in [0.05, 0.1) is 0 Å². The zero-order valence-electron chi connectivity index (χ0n) is 29.2. The molecule has 46 heavy (non-hydrogen) atoms. The van der Waals surface area contributed by atoms with Crippen LogP contribution in [0, 0.1) is 19.8 Å². The summed E-state index contributed by atoms with van der Waals surface area (Å²) in [7, 11) is 0. The molecule has 9 nitrogen and oxygen atoms in total. The molecule has 0 spiro atoms. The molecule has 252 valence electrons. The van der Waals surface area contributed by atoms with Crippen LogP contribution in [-0.4, -0.2) is 58.6 Å². The summed E-state index contributed by atoms with van der Waals surface area (Å²) in [5.41, 5.74) is 1.62. The second kappa shape index (κ2) is 16.4. The second-order valence-corrected chi connectivity index (χ2v) is 13.8. The van der Waals surface area contributed by atoms with Gasteiger partial charge < -0.3 is 25.0 Å². The van der Waals surface area contributed by atoms with Crippen molar-refractivity contribution in [2.24, 2.45) is 5.92 Å². The zero-order chi connectivity index (χ0) is 34.8. The molecule has 0 aromatic heterocycles. The summed E-state index contributed by atoms with van der Waals surface area (Å²) in [5, 5.41) is 5.69. The second-order valence-electron chi connectivity index (χ2n) is 13.8. The van der Waals surface area contributed by atoms with Crippen LogP contribution in [0.15, 0.2) is 61.2 Å². The molecule has 3 amide bonds. The lowest BCUT2D eigenvalue weighted by atomic mass is 9.92. The van der Waals surface area contributed by atoms with E-state index in [1.165, 1.54) is 4.90 Å². The number of nitrogens with one attached hydrogen (secondary N) is 2. The smallest absolute Gasteiger partial charge is 0.408 e. The van der Waals surface area contributed by atoms with Crippen LogP contribution in [0.3, 0.4) is 0 Å². The maximum Gasteiger partial charge on any atom is 0.408 e. The molecule has 0 saturated carbocycles. The molecule has 4 unspecified atom stereocenters. The van der Waals surface area contributed by atoms with Gasteiger partial charge in [-0.2, -0.15) is 0 Å². The molecule has 0 aliphatic rings. The summed E-state index contributed by atoms with van der Waals surface area (Å²) in [4.78, 5) is 56.8. The van der Waals surface area contributed by atoms with Crippen LogP contribution in [0.1, 0.15) is 90.1 Å². The minimum Gasteiger partial charge on any atom is -0.458 e. The summed E-state index contributed by atoms with van der Waals surface area (Å²) >= 11 is 0. The molecule has 0 heterocycles. The van der Waals surface area contributed by atoms with Gasteiger partial charge in [-0.3, -0.25) is 9.59 Å². The maximum absolute atomic E-state index is 14.5. The highest BCUT2D eigenvalue weighted by molar-refractivity contribution is 5.94. The van der Waals surface area contributed by atoms with Gasteiger partial charge in [0.25, 0.3) is 0 Å². The van der Waals surface area contributed by atoms with Gasteiger partial charge in [0.15, 0.2) is 0 Å². The van der Waals surface area contributed by atoms with Gasteiger partial charge in [0.2, 0.25) is 11.8 Å². The number of nitrogens with zero attached hydrogens (tertiary/aromatic N) is 1. The molecule has 9 heteroatoms. The highest BCUT2D eigenvalue weighted by Gasteiger charge is 2.40. The normalized spacial score (nSPS) is 14.2. The summed E-state index contributed by atoms with van der Waals surface area (Å²) in [6.07, 6.45) is 1.57. The van der Waals surface area contributed by atoms with E-state index in [1.54, 1.807) is 53.7 Å². The summed E-state index contributed by atoms with van der Waals surface area (Å²) in [5.74, 6) is -1.91. The van der Waals surface area contributed by atoms with E-state index in [4.69, 9.17) is 9.47 Å². The number of amides is 3. The Morgan fingerprint density at radius 1 is 0.891 bits per heavy atom. The fourth-order valence-corrected chi connectivity index (χ4v) is 4.95. The average Bonchev–Trinajstić information content (AvgIpc) is 2.95. The molecule has 2 aromatic rings. The number of benzene rings is 2. The van der Waals surface area contributed by atoms with Gasteiger partial charge in [0.1, 0.15) is 29.3 Å². The first kappa shape index (κ1) is 38.0. The first-order valence-corrected chi connectivity index (χ1v) is 15.9. The number of alkyl carbamates (subject to hydrolysis) is 1. The van der Waals surface area contributed by atoms with Crippen LogP contribution >= 0.6 is 0 Å². The van der Waals surface area contributed by atoms with Gasteiger partial charge in [-0.15, -0.1) is 6.58 Å². The number of carbonyl (C=O) groups excluding carboxylic acids is 4. The first-order valence-electron chi connectivity index (χ1n) is 15.9. The third-order valence-electron chi connectivity index (χ3n) is 7.55. The Hall–Kier alpha value is -4.14. The summed E-state index contributed by atoms with van der Waals surface area (Å²) in [6, 6.07) is 11.7. The standard InChI is InChI=1S/C37H53N3O6/c1-12-22-40(33(42)30(24(3)13-2)39-35(44)46-37(9,10)11)31(28-21-17-18-25(4)26(28)5)32(41)38-29(34(43)45-36(6,7)8)23-27-19-15-14-16-20-27/h12,14-21,24,29-31H,1,13,22-23H2,2-11H3,(H,38,41)(H,39,44). The van der Waals surface area contributed by atoms with E-state index >= 15 is 0 Å². The highest BCUT2D eigenvalue weighted by atomic mass is 16.6. The van der Waals surface area contributed by atoms with Crippen LogP contribution in [0.5, 0.6) is 0 Å². The van der Waals surface area contributed by atoms with Crippen molar-refractivity contribution in [2.75, 3.05) is 6.54 Å². The van der Waals surface area contributed by atoms with Gasteiger partial charge in [-0.25, -0.2) is 9.59 Å². The number of rotatable bonds is 13. The fraction of sp³-hybridized carbons (Fsp3) is 0.514. The van der Waals surface area contributed by atoms with Crippen LogP contribution < -0.4 is 10.6 Å². The van der Waals surface area contributed by atoms with Crippen molar-refractivity contribution in [1.82, 2.24) is 15.5 Å². The quantitative estimate of drug-likeness (QED) is 0.195. The molecule has 2 rings (SSSR count). The maximum atomic E-state index is 14.5. The number of aryl methyl sites for hydroxylation is 1. The van der Waals surface area contributed by atoms with E-state index in [9.17, 15) is 19.2 Å². The Labute approximate surface area is 275 Å². The zero-order valence-corrected chi connectivity index (χ0v) is 29.2. The van der Waals surface area contributed by atoms with Crippen molar-refractivity contribution in [3.63, 3.8) is 0 Å². The minimum atomic E-state index is -1.15. The van der Waals surface area contributed by atoms with E-state index in [0.29, 0.717) is 12.0 Å². The van der Waals surface area contributed by atoms with Crippen LogP contribution in [-0.2, 0) is 30.3 Å². The lowest BCUT2D eigenvalue weighted by molar-refractivity contribution is -0.159. The molecule has 4 atom stereocenters. The van der Waals surface area contributed by atoms with Gasteiger partial charge >= 0.3 is 12.1 Å². The van der Waals surface area contributed by atoms with Crippen molar-refractivity contribution in [2.45, 2.75) is 111 Å². The Morgan fingerprint density at radius 3 is 2.04 bits per heavy atom. The van der Waals surface area contributed by atoms with Gasteiger partial charge in [-0.1, -0.05) is 74.9 Å². The topological polar surface area (TPSA) is 114 Å². The molecule has 2 N–H and O–H groups in total. The lowest BCUT2D eigenvalue weighted by Crippen LogP contribution is -2.56. The van der Waals surface area contributed by atoms with Crippen LogP contribution in [0.25, 0.3) is 0 Å². The molecular formula is C37H53N3O6. The first-order chi connectivity index (χ1) is 21.4. The molecule has 0 fully saturated rings. The largest absolute Gasteiger partial charge is 0.458 e. The van der Waals surface area contributed by atoms with Crippen molar-refractivity contribution in [1.29, 1.82) is 0 Å². The SMILES string of the molecule is C=CCN(C(=O)C(NC(=O)OC(C)(C)C)C(C)CC)C(C(=O)NC(Cc1ccccc1)C(=O)OC(C)(C)C)c1cccc(C)c1C. The molecule has 2 aromatic carbocycles.